The van der Waals surface area contributed by atoms with Gasteiger partial charge in [0.1, 0.15) is 0 Å². The van der Waals surface area contributed by atoms with Gasteiger partial charge in [-0.25, -0.2) is 4.39 Å². The van der Waals surface area contributed by atoms with Gasteiger partial charge < -0.3 is 5.11 Å². The standard InChI is InChI=1S/C16H19FN2O/c17-15-8-4-7-14(16(15)20)13-9-18-19(11-13)10-12-5-2-1-3-6-12/h4,7-9,11-12,20H,1-3,5-6,10H2. The minimum Gasteiger partial charge on any atom is -0.504 e. The van der Waals surface area contributed by atoms with Gasteiger partial charge in [-0.3, -0.25) is 4.68 Å². The molecule has 0 unspecified atom stereocenters. The highest BCUT2D eigenvalue weighted by Crippen LogP contribution is 2.31. The summed E-state index contributed by atoms with van der Waals surface area (Å²) < 4.78 is 15.3. The lowest BCUT2D eigenvalue weighted by Gasteiger charge is -2.21. The first-order valence-corrected chi connectivity index (χ1v) is 7.24. The number of halogens is 1. The van der Waals surface area contributed by atoms with Crippen LogP contribution >= 0.6 is 0 Å². The van der Waals surface area contributed by atoms with Crippen LogP contribution in [0.3, 0.4) is 0 Å². The highest BCUT2D eigenvalue weighted by atomic mass is 19.1. The van der Waals surface area contributed by atoms with Crippen molar-refractivity contribution < 1.29 is 9.50 Å². The summed E-state index contributed by atoms with van der Waals surface area (Å²) in [7, 11) is 0. The molecule has 0 radical (unpaired) electrons. The third kappa shape index (κ3) is 2.69. The van der Waals surface area contributed by atoms with Gasteiger partial charge in [0, 0.05) is 23.9 Å². The monoisotopic (exact) mass is 274 g/mol. The number of para-hydroxylation sites is 1. The van der Waals surface area contributed by atoms with Gasteiger partial charge in [-0.05, 0) is 24.8 Å². The Bertz CT molecular complexity index is 588. The first-order chi connectivity index (χ1) is 9.74. The summed E-state index contributed by atoms with van der Waals surface area (Å²) in [5.74, 6) is -0.204. The van der Waals surface area contributed by atoms with E-state index in [2.05, 4.69) is 5.10 Å². The van der Waals surface area contributed by atoms with Crippen LogP contribution in [0.25, 0.3) is 11.1 Å². The SMILES string of the molecule is Oc1c(F)cccc1-c1cnn(CC2CCCCC2)c1. The lowest BCUT2D eigenvalue weighted by molar-refractivity contribution is 0.308. The molecular formula is C16H19FN2O. The maximum atomic E-state index is 13.4. The predicted octanol–water partition coefficient (Wildman–Crippen LogP) is 3.98. The van der Waals surface area contributed by atoms with E-state index in [0.29, 0.717) is 11.5 Å². The average molecular weight is 274 g/mol. The predicted molar refractivity (Wildman–Crippen MR) is 75.9 cm³/mol. The Labute approximate surface area is 118 Å². The van der Waals surface area contributed by atoms with Gasteiger partial charge in [-0.2, -0.15) is 5.10 Å². The minimum atomic E-state index is -0.595. The van der Waals surface area contributed by atoms with Crippen LogP contribution in [0, 0.1) is 11.7 Å². The molecule has 1 aliphatic carbocycles. The van der Waals surface area contributed by atoms with E-state index in [4.69, 9.17) is 0 Å². The molecule has 20 heavy (non-hydrogen) atoms. The van der Waals surface area contributed by atoms with Gasteiger partial charge in [0.25, 0.3) is 0 Å². The third-order valence-electron chi connectivity index (χ3n) is 4.10. The Hall–Kier alpha value is -1.84. The molecule has 1 fully saturated rings. The molecule has 4 heteroatoms. The van der Waals surface area contributed by atoms with E-state index in [1.807, 2.05) is 10.9 Å². The fraction of sp³-hybridized carbons (Fsp3) is 0.438. The Morgan fingerprint density at radius 2 is 2.05 bits per heavy atom. The third-order valence-corrected chi connectivity index (χ3v) is 4.10. The first-order valence-electron chi connectivity index (χ1n) is 7.24. The molecule has 0 atom stereocenters. The number of hydrogen-bond acceptors (Lipinski definition) is 2. The van der Waals surface area contributed by atoms with Crippen molar-refractivity contribution in [2.45, 2.75) is 38.6 Å². The molecule has 0 amide bonds. The van der Waals surface area contributed by atoms with Crippen molar-refractivity contribution in [3.63, 3.8) is 0 Å². The van der Waals surface area contributed by atoms with Crippen molar-refractivity contribution in [1.82, 2.24) is 9.78 Å². The van der Waals surface area contributed by atoms with Crippen molar-refractivity contribution in [3.05, 3.63) is 36.4 Å². The molecule has 0 spiro atoms. The molecule has 0 aliphatic heterocycles. The van der Waals surface area contributed by atoms with Crippen LogP contribution < -0.4 is 0 Å². The van der Waals surface area contributed by atoms with Crippen molar-refractivity contribution in [2.75, 3.05) is 0 Å². The van der Waals surface area contributed by atoms with Crippen LogP contribution in [-0.4, -0.2) is 14.9 Å². The van der Waals surface area contributed by atoms with Gasteiger partial charge in [-0.1, -0.05) is 31.4 Å². The second kappa shape index (κ2) is 5.65. The zero-order valence-corrected chi connectivity index (χ0v) is 11.4. The van der Waals surface area contributed by atoms with Crippen LogP contribution in [0.5, 0.6) is 5.75 Å². The van der Waals surface area contributed by atoms with E-state index in [9.17, 15) is 9.50 Å². The molecule has 3 nitrogen and oxygen atoms in total. The van der Waals surface area contributed by atoms with E-state index in [-0.39, 0.29) is 5.75 Å². The Balaban J connectivity index is 1.77. The van der Waals surface area contributed by atoms with E-state index in [1.54, 1.807) is 18.3 Å². The van der Waals surface area contributed by atoms with Gasteiger partial charge in [-0.15, -0.1) is 0 Å². The highest BCUT2D eigenvalue weighted by Gasteiger charge is 2.15. The zero-order chi connectivity index (χ0) is 13.9. The summed E-state index contributed by atoms with van der Waals surface area (Å²) in [5.41, 5.74) is 1.26. The molecule has 1 N–H and O–H groups in total. The molecule has 1 heterocycles. The molecule has 1 aromatic heterocycles. The molecule has 3 rings (SSSR count). The van der Waals surface area contributed by atoms with Gasteiger partial charge in [0.05, 0.1) is 6.20 Å². The number of phenols is 1. The van der Waals surface area contributed by atoms with Crippen LogP contribution in [0.15, 0.2) is 30.6 Å². The number of rotatable bonds is 3. The lowest BCUT2D eigenvalue weighted by atomic mass is 9.89. The van der Waals surface area contributed by atoms with Crippen LogP contribution in [0.4, 0.5) is 4.39 Å². The fourth-order valence-electron chi connectivity index (χ4n) is 2.99. The average Bonchev–Trinajstić information content (AvgIpc) is 2.91. The first kappa shape index (κ1) is 13.2. The van der Waals surface area contributed by atoms with E-state index < -0.39 is 5.82 Å². The molecule has 0 bridgehead atoms. The molecule has 2 aromatic rings. The van der Waals surface area contributed by atoms with Gasteiger partial charge in [0.2, 0.25) is 0 Å². The normalized spacial score (nSPS) is 16.4. The highest BCUT2D eigenvalue weighted by molar-refractivity contribution is 5.68. The maximum absolute atomic E-state index is 13.4. The van der Waals surface area contributed by atoms with Crippen LogP contribution in [0.1, 0.15) is 32.1 Å². The quantitative estimate of drug-likeness (QED) is 0.919. The van der Waals surface area contributed by atoms with Gasteiger partial charge >= 0.3 is 0 Å². The van der Waals surface area contributed by atoms with Crippen molar-refractivity contribution in [2.24, 2.45) is 5.92 Å². The van der Waals surface area contributed by atoms with Crippen molar-refractivity contribution in [1.29, 1.82) is 0 Å². The minimum absolute atomic E-state index is 0.301. The van der Waals surface area contributed by atoms with Gasteiger partial charge in [0.15, 0.2) is 11.6 Å². The summed E-state index contributed by atoms with van der Waals surface area (Å²) in [5, 5.41) is 14.1. The molecule has 1 aromatic carbocycles. The number of nitrogens with zero attached hydrogens (tertiary/aromatic N) is 2. The largest absolute Gasteiger partial charge is 0.504 e. The van der Waals surface area contributed by atoms with E-state index in [0.717, 1.165) is 12.1 Å². The molecule has 106 valence electrons. The number of benzene rings is 1. The van der Waals surface area contributed by atoms with Crippen molar-refractivity contribution in [3.8, 4) is 16.9 Å². The lowest BCUT2D eigenvalue weighted by Crippen LogP contribution is -2.14. The van der Waals surface area contributed by atoms with Crippen molar-refractivity contribution >= 4 is 0 Å². The fourth-order valence-corrected chi connectivity index (χ4v) is 2.99. The second-order valence-corrected chi connectivity index (χ2v) is 5.59. The molecule has 1 aliphatic rings. The Kier molecular flexibility index (Phi) is 3.72. The number of hydrogen-bond donors (Lipinski definition) is 1. The topological polar surface area (TPSA) is 38.1 Å². The summed E-state index contributed by atoms with van der Waals surface area (Å²) in [4.78, 5) is 0. The Morgan fingerprint density at radius 1 is 1.25 bits per heavy atom. The number of aromatic nitrogens is 2. The zero-order valence-electron chi connectivity index (χ0n) is 11.4. The van der Waals surface area contributed by atoms with Crippen LogP contribution in [0.2, 0.25) is 0 Å². The second-order valence-electron chi connectivity index (χ2n) is 5.59. The maximum Gasteiger partial charge on any atom is 0.165 e. The number of phenolic OH excluding ortho intramolecular Hbond substituents is 1. The van der Waals surface area contributed by atoms with E-state index in [1.165, 1.54) is 38.2 Å². The van der Waals surface area contributed by atoms with Crippen LogP contribution in [-0.2, 0) is 6.54 Å². The molecule has 0 saturated heterocycles. The van der Waals surface area contributed by atoms with E-state index >= 15 is 0 Å². The Morgan fingerprint density at radius 3 is 2.85 bits per heavy atom. The summed E-state index contributed by atoms with van der Waals surface area (Å²) >= 11 is 0. The summed E-state index contributed by atoms with van der Waals surface area (Å²) in [6.07, 6.45) is 10.1. The summed E-state index contributed by atoms with van der Waals surface area (Å²) in [6, 6.07) is 4.56. The molecule has 1 saturated carbocycles. The smallest absolute Gasteiger partial charge is 0.165 e. The molecular weight excluding hydrogens is 255 g/mol. The summed E-state index contributed by atoms with van der Waals surface area (Å²) in [6.45, 7) is 0.913. The number of aromatic hydroxyl groups is 1.